The molecule has 1 aromatic heterocycles. The van der Waals surface area contributed by atoms with Gasteiger partial charge in [0.2, 0.25) is 23.8 Å². The summed E-state index contributed by atoms with van der Waals surface area (Å²) in [6, 6.07) is 5.21. The lowest BCUT2D eigenvalue weighted by Crippen LogP contribution is -2.60. The normalized spacial score (nSPS) is 30.1. The number of carboxylic acids is 1. The van der Waals surface area contributed by atoms with Gasteiger partial charge in [-0.25, -0.2) is 0 Å². The molecule has 49 heavy (non-hydrogen) atoms. The van der Waals surface area contributed by atoms with Crippen LogP contribution in [-0.2, 0) is 23.8 Å². The highest BCUT2D eigenvalue weighted by atomic mass is 16.7. The van der Waals surface area contributed by atoms with E-state index in [1.165, 1.54) is 13.0 Å². The first-order valence-electron chi connectivity index (χ1n) is 14.5. The molecule has 3 aromatic rings. The van der Waals surface area contributed by atoms with Gasteiger partial charge in [0.15, 0.2) is 17.3 Å². The Bertz CT molecular complexity index is 1770. The maximum absolute atomic E-state index is 13.9. The fourth-order valence-corrected chi connectivity index (χ4v) is 5.15. The second kappa shape index (κ2) is 14.0. The highest BCUT2D eigenvalue weighted by Crippen LogP contribution is 2.40. The predicted molar refractivity (Wildman–Crippen MR) is 156 cm³/mol. The fourth-order valence-electron chi connectivity index (χ4n) is 5.15. The average molecular weight is 697 g/mol. The maximum atomic E-state index is 13.9. The number of hydrogen-bond acceptors (Lipinski definition) is 18. The van der Waals surface area contributed by atoms with E-state index in [9.17, 15) is 60.3 Å². The summed E-state index contributed by atoms with van der Waals surface area (Å²) in [5, 5.41) is 101. The average Bonchev–Trinajstić information content (AvgIpc) is 3.04. The molecule has 3 heterocycles. The summed E-state index contributed by atoms with van der Waals surface area (Å²) in [4.78, 5) is 36.4. The standard InChI is InChI=1S/C30H32O19/c1-9-20(37)23(40)25(42)29(45-9)46-11-5-14(33)19-15(6-11)47-27(10-2-3-12(31)13(32)4-10)28(22(19)39)49-30-26(43)24(41)21(38)16(48-30)8-44-18(36)7-17(34)35/h2-6,9,16,20-21,23-26,29-33,37-38,40-43H,7-8H2,1H3,(H,34,35)/t9-,16-,20+,21-,23+,24+,25-,26-,29+,30+/m1/s1. The summed E-state index contributed by atoms with van der Waals surface area (Å²) >= 11 is 0. The number of aliphatic hydroxyl groups is 6. The van der Waals surface area contributed by atoms with E-state index >= 15 is 0 Å². The van der Waals surface area contributed by atoms with Crippen molar-refractivity contribution in [3.8, 4) is 40.1 Å². The van der Waals surface area contributed by atoms with E-state index in [0.717, 1.165) is 24.3 Å². The van der Waals surface area contributed by atoms with Crippen molar-refractivity contribution in [3.05, 3.63) is 40.6 Å². The number of ether oxygens (including phenoxy) is 5. The highest BCUT2D eigenvalue weighted by Gasteiger charge is 2.47. The Morgan fingerprint density at radius 1 is 0.776 bits per heavy atom. The van der Waals surface area contributed by atoms with E-state index in [1.54, 1.807) is 0 Å². The van der Waals surface area contributed by atoms with Crippen LogP contribution in [-0.4, -0.2) is 131 Å². The first kappa shape index (κ1) is 35.6. The molecule has 0 aliphatic carbocycles. The lowest BCUT2D eigenvalue weighted by atomic mass is 9.99. The van der Waals surface area contributed by atoms with Crippen LogP contribution in [0.25, 0.3) is 22.3 Å². The van der Waals surface area contributed by atoms with Gasteiger partial charge in [-0.2, -0.15) is 0 Å². The molecule has 2 aromatic carbocycles. The molecule has 2 saturated heterocycles. The van der Waals surface area contributed by atoms with E-state index in [-0.39, 0.29) is 16.9 Å². The summed E-state index contributed by atoms with van der Waals surface area (Å²) in [6.07, 6.45) is -17.9. The van der Waals surface area contributed by atoms with Crippen molar-refractivity contribution < 1.29 is 88.8 Å². The monoisotopic (exact) mass is 696 g/mol. The molecule has 266 valence electrons. The molecule has 0 spiro atoms. The van der Waals surface area contributed by atoms with Gasteiger partial charge in [-0.15, -0.1) is 0 Å². The number of carbonyl (C=O) groups excluding carboxylic acids is 1. The quantitative estimate of drug-likeness (QED) is 0.0656. The van der Waals surface area contributed by atoms with E-state index < -0.39 is 126 Å². The third kappa shape index (κ3) is 7.19. The van der Waals surface area contributed by atoms with Gasteiger partial charge in [-0.1, -0.05) is 0 Å². The summed E-state index contributed by atoms with van der Waals surface area (Å²) < 4.78 is 32.8. The number of esters is 1. The minimum Gasteiger partial charge on any atom is -0.507 e. The van der Waals surface area contributed by atoms with Crippen LogP contribution in [0.1, 0.15) is 13.3 Å². The van der Waals surface area contributed by atoms with Crippen LogP contribution in [0.3, 0.4) is 0 Å². The third-order valence-electron chi connectivity index (χ3n) is 7.81. The lowest BCUT2D eigenvalue weighted by molar-refractivity contribution is -0.278. The zero-order valence-electron chi connectivity index (χ0n) is 25.2. The van der Waals surface area contributed by atoms with E-state index in [4.69, 9.17) is 33.2 Å². The molecular weight excluding hydrogens is 664 g/mol. The van der Waals surface area contributed by atoms with Crippen molar-refractivity contribution in [2.75, 3.05) is 6.61 Å². The second-order valence-corrected chi connectivity index (χ2v) is 11.3. The molecule has 19 heteroatoms. The van der Waals surface area contributed by atoms with Crippen molar-refractivity contribution in [1.29, 1.82) is 0 Å². The molecule has 10 N–H and O–H groups in total. The largest absolute Gasteiger partial charge is 0.507 e. The van der Waals surface area contributed by atoms with Crippen molar-refractivity contribution in [2.24, 2.45) is 0 Å². The molecule has 0 saturated carbocycles. The zero-order chi connectivity index (χ0) is 35.9. The number of fused-ring (bicyclic) bond motifs is 1. The van der Waals surface area contributed by atoms with Crippen molar-refractivity contribution in [3.63, 3.8) is 0 Å². The Hall–Kier alpha value is -4.73. The summed E-state index contributed by atoms with van der Waals surface area (Å²) in [6.45, 7) is 0.606. The molecule has 2 aliphatic heterocycles. The van der Waals surface area contributed by atoms with E-state index in [1.807, 2.05) is 0 Å². The van der Waals surface area contributed by atoms with Gasteiger partial charge in [0.1, 0.15) is 78.2 Å². The molecule has 0 radical (unpaired) electrons. The number of phenolic OH excluding ortho intramolecular Hbond substituents is 3. The van der Waals surface area contributed by atoms with Gasteiger partial charge in [0.25, 0.3) is 0 Å². The molecule has 2 fully saturated rings. The number of rotatable bonds is 9. The molecule has 2 aliphatic rings. The van der Waals surface area contributed by atoms with Crippen LogP contribution in [0, 0.1) is 0 Å². The van der Waals surface area contributed by atoms with Gasteiger partial charge >= 0.3 is 11.9 Å². The van der Waals surface area contributed by atoms with Crippen LogP contribution >= 0.6 is 0 Å². The summed E-state index contributed by atoms with van der Waals surface area (Å²) in [5.74, 6) is -6.23. The van der Waals surface area contributed by atoms with Gasteiger partial charge < -0.3 is 79.2 Å². The van der Waals surface area contributed by atoms with E-state index in [2.05, 4.69) is 0 Å². The molecule has 19 nitrogen and oxygen atoms in total. The van der Waals surface area contributed by atoms with Crippen LogP contribution in [0.4, 0.5) is 0 Å². The molecular formula is C30H32O19. The van der Waals surface area contributed by atoms with Gasteiger partial charge in [-0.3, -0.25) is 14.4 Å². The number of aromatic hydroxyl groups is 3. The Labute approximate surface area is 273 Å². The fraction of sp³-hybridized carbons (Fsp3) is 0.433. The van der Waals surface area contributed by atoms with Crippen LogP contribution in [0.15, 0.2) is 39.5 Å². The minimum atomic E-state index is -2.06. The Kier molecular flexibility index (Phi) is 10.2. The Morgan fingerprint density at radius 3 is 2.08 bits per heavy atom. The third-order valence-corrected chi connectivity index (χ3v) is 7.81. The van der Waals surface area contributed by atoms with Crippen LogP contribution in [0.2, 0.25) is 0 Å². The number of benzene rings is 2. The number of aliphatic hydroxyl groups excluding tert-OH is 6. The van der Waals surface area contributed by atoms with Gasteiger partial charge in [0.05, 0.1) is 6.10 Å². The zero-order valence-corrected chi connectivity index (χ0v) is 25.2. The highest BCUT2D eigenvalue weighted by molar-refractivity contribution is 5.90. The number of hydrogen-bond donors (Lipinski definition) is 10. The SMILES string of the molecule is C[C@H]1O[C@@H](Oc2cc(O)c3c(=O)c(O[C@@H]4O[C@H](COC(=O)CC(=O)O)[C@@H](O)[C@H](O)[C@H]4O)c(-c4ccc(O)c(O)c4)oc3c2)[C@H](O)[C@@H](O)[C@H]1O. The molecule has 0 unspecified atom stereocenters. The molecule has 0 bridgehead atoms. The van der Waals surface area contributed by atoms with Crippen LogP contribution < -0.4 is 14.9 Å². The summed E-state index contributed by atoms with van der Waals surface area (Å²) in [7, 11) is 0. The number of phenols is 3. The van der Waals surface area contributed by atoms with Crippen molar-refractivity contribution in [2.45, 2.75) is 74.8 Å². The molecule has 0 amide bonds. The summed E-state index contributed by atoms with van der Waals surface area (Å²) in [5.41, 5.74) is -1.61. The number of carboxylic acid groups (broad SMARTS) is 1. The predicted octanol–water partition coefficient (Wildman–Crippen LogP) is -2.01. The second-order valence-electron chi connectivity index (χ2n) is 11.3. The Balaban J connectivity index is 1.54. The van der Waals surface area contributed by atoms with E-state index in [0.29, 0.717) is 0 Å². The smallest absolute Gasteiger partial charge is 0.317 e. The molecule has 5 rings (SSSR count). The minimum absolute atomic E-state index is 0.114. The van der Waals surface area contributed by atoms with Crippen molar-refractivity contribution in [1.82, 2.24) is 0 Å². The Morgan fingerprint density at radius 2 is 1.43 bits per heavy atom. The lowest BCUT2D eigenvalue weighted by Gasteiger charge is -2.39. The van der Waals surface area contributed by atoms with Crippen LogP contribution in [0.5, 0.6) is 28.7 Å². The first-order chi connectivity index (χ1) is 23.1. The molecule has 10 atom stereocenters. The first-order valence-corrected chi connectivity index (χ1v) is 14.5. The maximum Gasteiger partial charge on any atom is 0.317 e. The topological polar surface area (TPSA) is 313 Å². The number of carbonyl (C=O) groups is 2. The number of aliphatic carboxylic acids is 1. The van der Waals surface area contributed by atoms with Crippen molar-refractivity contribution >= 4 is 22.9 Å². The van der Waals surface area contributed by atoms with Gasteiger partial charge in [-0.05, 0) is 25.1 Å². The van der Waals surface area contributed by atoms with Gasteiger partial charge in [0, 0.05) is 17.7 Å².